The van der Waals surface area contributed by atoms with Gasteiger partial charge < -0.3 is 24.9 Å². The minimum absolute atomic E-state index is 0.0966. The Morgan fingerprint density at radius 1 is 0.900 bits per heavy atom. The van der Waals surface area contributed by atoms with Crippen molar-refractivity contribution in [2.24, 2.45) is 0 Å². The largest absolute Gasteiger partial charge is 0.616 e. The first-order valence-corrected chi connectivity index (χ1v) is 9.67. The van der Waals surface area contributed by atoms with Crippen molar-refractivity contribution in [2.75, 3.05) is 7.11 Å². The molecule has 5 rings (SSSR count). The lowest BCUT2D eigenvalue weighted by Crippen LogP contribution is -2.42. The van der Waals surface area contributed by atoms with Crippen LogP contribution >= 0.6 is 0 Å². The SMILES string of the molecule is COc1c(Cc2c[nH]c3ccccc23)[nH]c(=O)c(Cc2c[nH]c3ccccc23)[n+]1[O-]. The van der Waals surface area contributed by atoms with Gasteiger partial charge in [0, 0.05) is 40.6 Å². The van der Waals surface area contributed by atoms with E-state index in [1.165, 1.54) is 7.11 Å². The van der Waals surface area contributed by atoms with Crippen molar-refractivity contribution in [3.05, 3.63) is 99.0 Å². The predicted octanol–water partition coefficient (Wildman–Crippen LogP) is 3.16. The molecule has 30 heavy (non-hydrogen) atoms. The highest BCUT2D eigenvalue weighted by Gasteiger charge is 2.24. The van der Waals surface area contributed by atoms with Gasteiger partial charge in [-0.25, -0.2) is 0 Å². The quantitative estimate of drug-likeness (QED) is 0.312. The summed E-state index contributed by atoms with van der Waals surface area (Å²) in [4.78, 5) is 22.1. The van der Waals surface area contributed by atoms with Crippen LogP contribution in [0.15, 0.2) is 65.7 Å². The van der Waals surface area contributed by atoms with Gasteiger partial charge in [0.25, 0.3) is 5.69 Å². The Kier molecular flexibility index (Phi) is 4.28. The fourth-order valence-electron chi connectivity index (χ4n) is 4.00. The number of para-hydroxylation sites is 2. The standard InChI is InChI=1S/C23H20N4O3/c1-30-23-20(10-14-12-24-18-8-4-2-6-16(14)18)26-22(28)21(27(23)29)11-15-13-25-19-9-5-3-7-17(15)19/h2-9,12-13,24-25H,10-11H2,1H3,(H,26,28). The molecule has 0 spiro atoms. The molecule has 5 aromatic rings. The highest BCUT2D eigenvalue weighted by atomic mass is 16.5. The van der Waals surface area contributed by atoms with Gasteiger partial charge in [-0.2, -0.15) is 0 Å². The average molecular weight is 400 g/mol. The van der Waals surface area contributed by atoms with E-state index in [0.29, 0.717) is 16.8 Å². The molecule has 0 unspecified atom stereocenters. The summed E-state index contributed by atoms with van der Waals surface area (Å²) in [6.07, 6.45) is 4.29. The Bertz CT molecular complexity index is 1430. The lowest BCUT2D eigenvalue weighted by atomic mass is 10.1. The van der Waals surface area contributed by atoms with Crippen LogP contribution < -0.4 is 15.0 Å². The number of nitrogens with one attached hydrogen (secondary N) is 3. The molecule has 0 amide bonds. The van der Waals surface area contributed by atoms with Crippen LogP contribution in [0.25, 0.3) is 21.8 Å². The van der Waals surface area contributed by atoms with Crippen molar-refractivity contribution >= 4 is 21.8 Å². The van der Waals surface area contributed by atoms with E-state index in [9.17, 15) is 10.0 Å². The molecule has 7 heteroatoms. The summed E-state index contributed by atoms with van der Waals surface area (Å²) in [5.74, 6) is 0.106. The monoisotopic (exact) mass is 400 g/mol. The Labute approximate surface area is 171 Å². The van der Waals surface area contributed by atoms with Gasteiger partial charge in [0.1, 0.15) is 5.69 Å². The second-order valence-electron chi connectivity index (χ2n) is 7.26. The van der Waals surface area contributed by atoms with Gasteiger partial charge >= 0.3 is 11.4 Å². The number of fused-ring (bicyclic) bond motifs is 2. The molecular formula is C23H20N4O3. The lowest BCUT2D eigenvalue weighted by molar-refractivity contribution is -0.622. The minimum Gasteiger partial charge on any atom is -0.616 e. The van der Waals surface area contributed by atoms with E-state index >= 15 is 0 Å². The molecule has 7 nitrogen and oxygen atoms in total. The molecule has 0 bridgehead atoms. The zero-order chi connectivity index (χ0) is 20.7. The van der Waals surface area contributed by atoms with Crippen LogP contribution in [0.1, 0.15) is 22.5 Å². The van der Waals surface area contributed by atoms with Gasteiger partial charge in [0.2, 0.25) is 0 Å². The summed E-state index contributed by atoms with van der Waals surface area (Å²) in [5, 5.41) is 15.1. The number of ether oxygens (including phenoxy) is 1. The minimum atomic E-state index is -0.411. The van der Waals surface area contributed by atoms with E-state index in [-0.39, 0.29) is 18.0 Å². The highest BCUT2D eigenvalue weighted by Crippen LogP contribution is 2.23. The third-order valence-corrected chi connectivity index (χ3v) is 5.48. The molecule has 2 aromatic carbocycles. The maximum absolute atomic E-state index is 13.0. The van der Waals surface area contributed by atoms with Crippen LogP contribution in [0.4, 0.5) is 0 Å². The van der Waals surface area contributed by atoms with Crippen LogP contribution in [0.3, 0.4) is 0 Å². The lowest BCUT2D eigenvalue weighted by Gasteiger charge is -2.11. The molecule has 0 aliphatic heterocycles. The third-order valence-electron chi connectivity index (χ3n) is 5.48. The Morgan fingerprint density at radius 2 is 1.47 bits per heavy atom. The summed E-state index contributed by atoms with van der Waals surface area (Å²) in [5.41, 5.74) is 3.95. The molecule has 3 N–H and O–H groups in total. The van der Waals surface area contributed by atoms with Crippen LogP contribution in [-0.4, -0.2) is 22.1 Å². The van der Waals surface area contributed by atoms with E-state index in [2.05, 4.69) is 15.0 Å². The van der Waals surface area contributed by atoms with E-state index in [1.807, 2.05) is 60.9 Å². The molecule has 0 atom stereocenters. The van der Waals surface area contributed by atoms with Crippen molar-refractivity contribution < 1.29 is 9.47 Å². The molecule has 0 aliphatic rings. The van der Waals surface area contributed by atoms with E-state index in [4.69, 9.17) is 4.74 Å². The van der Waals surface area contributed by atoms with Crippen molar-refractivity contribution in [1.29, 1.82) is 0 Å². The van der Waals surface area contributed by atoms with Crippen molar-refractivity contribution in [3.63, 3.8) is 0 Å². The Balaban J connectivity index is 1.56. The number of aromatic amines is 3. The van der Waals surface area contributed by atoms with Crippen molar-refractivity contribution in [3.8, 4) is 5.88 Å². The third kappa shape index (κ3) is 2.91. The van der Waals surface area contributed by atoms with Gasteiger partial charge in [-0.15, -0.1) is 4.73 Å². The summed E-state index contributed by atoms with van der Waals surface area (Å²) in [7, 11) is 1.44. The smallest absolute Gasteiger partial charge is 0.400 e. The molecule has 0 saturated carbocycles. The molecule has 0 aliphatic carbocycles. The Morgan fingerprint density at radius 3 is 2.07 bits per heavy atom. The zero-order valence-corrected chi connectivity index (χ0v) is 16.4. The van der Waals surface area contributed by atoms with Gasteiger partial charge in [-0.1, -0.05) is 36.4 Å². The van der Waals surface area contributed by atoms with Crippen LogP contribution in [0, 0.1) is 5.21 Å². The normalized spacial score (nSPS) is 11.4. The zero-order valence-electron chi connectivity index (χ0n) is 16.4. The fourth-order valence-corrected chi connectivity index (χ4v) is 4.00. The van der Waals surface area contributed by atoms with Gasteiger partial charge in [0.05, 0.1) is 13.5 Å². The number of rotatable bonds is 5. The summed E-state index contributed by atoms with van der Waals surface area (Å²) in [6.45, 7) is 0. The second-order valence-corrected chi connectivity index (χ2v) is 7.26. The Hall–Kier alpha value is -4.00. The van der Waals surface area contributed by atoms with Crippen LogP contribution in [0.2, 0.25) is 0 Å². The van der Waals surface area contributed by atoms with E-state index in [0.717, 1.165) is 32.9 Å². The van der Waals surface area contributed by atoms with Crippen LogP contribution in [0.5, 0.6) is 5.88 Å². The highest BCUT2D eigenvalue weighted by molar-refractivity contribution is 5.84. The maximum Gasteiger partial charge on any atom is 0.400 e. The summed E-state index contributed by atoms with van der Waals surface area (Å²) >= 11 is 0. The number of methoxy groups -OCH3 is 1. The summed E-state index contributed by atoms with van der Waals surface area (Å²) in [6, 6.07) is 15.7. The molecule has 0 fully saturated rings. The first-order valence-electron chi connectivity index (χ1n) is 9.67. The van der Waals surface area contributed by atoms with E-state index in [1.54, 1.807) is 0 Å². The topological polar surface area (TPSA) is 101 Å². The van der Waals surface area contributed by atoms with Gasteiger partial charge in [-0.3, -0.25) is 4.79 Å². The van der Waals surface area contributed by atoms with E-state index < -0.39 is 5.56 Å². The molecule has 0 radical (unpaired) electrons. The van der Waals surface area contributed by atoms with Gasteiger partial charge in [-0.05, 0) is 23.3 Å². The molecule has 150 valence electrons. The van der Waals surface area contributed by atoms with Crippen molar-refractivity contribution in [1.82, 2.24) is 15.0 Å². The number of H-pyrrole nitrogens is 3. The number of benzene rings is 2. The number of aromatic nitrogens is 4. The molecule has 0 saturated heterocycles. The molecule has 3 heterocycles. The molecule has 3 aromatic heterocycles. The molecular weight excluding hydrogens is 380 g/mol. The number of hydrogen-bond donors (Lipinski definition) is 3. The van der Waals surface area contributed by atoms with Crippen molar-refractivity contribution in [2.45, 2.75) is 12.8 Å². The van der Waals surface area contributed by atoms with Crippen LogP contribution in [-0.2, 0) is 12.8 Å². The second kappa shape index (κ2) is 7.11. The first kappa shape index (κ1) is 18.1. The maximum atomic E-state index is 13.0. The number of nitrogens with zero attached hydrogens (tertiary/aromatic N) is 1. The predicted molar refractivity (Wildman–Crippen MR) is 115 cm³/mol. The number of hydrogen-bond acceptors (Lipinski definition) is 3. The van der Waals surface area contributed by atoms with Gasteiger partial charge in [0.15, 0.2) is 0 Å². The first-order chi connectivity index (χ1) is 14.7. The average Bonchev–Trinajstić information content (AvgIpc) is 3.36. The summed E-state index contributed by atoms with van der Waals surface area (Å²) < 4.78 is 6.02. The fraction of sp³-hybridized carbons (Fsp3) is 0.130.